The van der Waals surface area contributed by atoms with Gasteiger partial charge in [-0.15, -0.1) is 0 Å². The van der Waals surface area contributed by atoms with E-state index in [2.05, 4.69) is 15.0 Å². The number of benzene rings is 2. The summed E-state index contributed by atoms with van der Waals surface area (Å²) in [6.07, 6.45) is 2.02. The quantitative estimate of drug-likeness (QED) is 0.400. The average Bonchev–Trinajstić information content (AvgIpc) is 3.24. The Hall–Kier alpha value is -3.72. The number of carbonyl (C=O) groups is 1. The number of hydrogen-bond acceptors (Lipinski definition) is 5. The maximum Gasteiger partial charge on any atom is 0.264 e. The van der Waals surface area contributed by atoms with Gasteiger partial charge >= 0.3 is 0 Å². The molecule has 170 valence electrons. The van der Waals surface area contributed by atoms with Crippen molar-refractivity contribution < 1.29 is 22.0 Å². The Morgan fingerprint density at radius 3 is 2.64 bits per heavy atom. The molecule has 1 amide bonds. The molecule has 0 saturated heterocycles. The third-order valence-electron chi connectivity index (χ3n) is 5.17. The molecule has 9 heteroatoms. The summed E-state index contributed by atoms with van der Waals surface area (Å²) >= 11 is 0. The summed E-state index contributed by atoms with van der Waals surface area (Å²) in [4.78, 5) is 17.2. The second kappa shape index (κ2) is 9.03. The number of hydrogen-bond donors (Lipinski definition) is 2. The zero-order valence-electron chi connectivity index (χ0n) is 18.0. The fourth-order valence-corrected chi connectivity index (χ4v) is 4.80. The summed E-state index contributed by atoms with van der Waals surface area (Å²) in [5.74, 6) is -0.0507. The van der Waals surface area contributed by atoms with Crippen molar-refractivity contribution in [2.45, 2.75) is 31.2 Å². The van der Waals surface area contributed by atoms with Gasteiger partial charge in [-0.25, -0.2) is 12.8 Å². The van der Waals surface area contributed by atoms with E-state index in [0.29, 0.717) is 28.8 Å². The first kappa shape index (κ1) is 22.5. The molecule has 0 spiro atoms. The van der Waals surface area contributed by atoms with Crippen LogP contribution in [0.4, 0.5) is 10.1 Å². The molecule has 2 heterocycles. The largest absolute Gasteiger partial charge is 0.464 e. The van der Waals surface area contributed by atoms with Gasteiger partial charge in [0.1, 0.15) is 22.2 Å². The summed E-state index contributed by atoms with van der Waals surface area (Å²) in [5.41, 5.74) is 0.0978. The normalized spacial score (nSPS) is 12.5. The molecular formula is C24H22FN3O4S. The minimum Gasteiger partial charge on any atom is -0.464 e. The van der Waals surface area contributed by atoms with Gasteiger partial charge < -0.3 is 9.73 Å². The highest BCUT2D eigenvalue weighted by Crippen LogP contribution is 2.27. The number of pyridine rings is 1. The highest BCUT2D eigenvalue weighted by atomic mass is 32.2. The van der Waals surface area contributed by atoms with Crippen molar-refractivity contribution in [3.63, 3.8) is 0 Å². The molecule has 2 aromatic heterocycles. The molecule has 7 nitrogen and oxygen atoms in total. The van der Waals surface area contributed by atoms with Crippen LogP contribution < -0.4 is 10.0 Å². The van der Waals surface area contributed by atoms with Gasteiger partial charge in [0.15, 0.2) is 0 Å². The lowest BCUT2D eigenvalue weighted by molar-refractivity contribution is 0.0930. The lowest BCUT2D eigenvalue weighted by Crippen LogP contribution is -2.29. The smallest absolute Gasteiger partial charge is 0.264 e. The highest BCUT2D eigenvalue weighted by molar-refractivity contribution is 7.93. The average molecular weight is 468 g/mol. The first-order valence-electron chi connectivity index (χ1n) is 10.3. The van der Waals surface area contributed by atoms with Crippen LogP contribution in [0.2, 0.25) is 0 Å². The fraction of sp³-hybridized carbons (Fsp3) is 0.167. The number of fused-ring (bicyclic) bond motifs is 1. The Morgan fingerprint density at radius 2 is 1.91 bits per heavy atom. The van der Waals surface area contributed by atoms with Crippen LogP contribution in [0.15, 0.2) is 76.2 Å². The zero-order valence-corrected chi connectivity index (χ0v) is 18.8. The zero-order chi connectivity index (χ0) is 23.6. The summed E-state index contributed by atoms with van der Waals surface area (Å²) in [6, 6.07) is 14.6. The molecule has 0 aliphatic heterocycles. The van der Waals surface area contributed by atoms with E-state index in [-0.39, 0.29) is 16.1 Å². The topological polar surface area (TPSA) is 101 Å². The summed E-state index contributed by atoms with van der Waals surface area (Å²) in [7, 11) is -4.13. The molecule has 33 heavy (non-hydrogen) atoms. The van der Waals surface area contributed by atoms with E-state index >= 15 is 0 Å². The third kappa shape index (κ3) is 4.73. The van der Waals surface area contributed by atoms with Gasteiger partial charge in [0.2, 0.25) is 0 Å². The molecule has 1 atom stereocenters. The first-order valence-corrected chi connectivity index (χ1v) is 11.8. The van der Waals surface area contributed by atoms with E-state index in [1.807, 2.05) is 6.92 Å². The maximum absolute atomic E-state index is 14.0. The van der Waals surface area contributed by atoms with Gasteiger partial charge in [0.05, 0.1) is 22.8 Å². The molecule has 4 rings (SSSR count). The predicted molar refractivity (Wildman–Crippen MR) is 123 cm³/mol. The van der Waals surface area contributed by atoms with Crippen molar-refractivity contribution in [1.82, 2.24) is 10.3 Å². The second-order valence-electron chi connectivity index (χ2n) is 7.51. The molecule has 2 N–H and O–H groups in total. The summed E-state index contributed by atoms with van der Waals surface area (Å²) in [6.45, 7) is 3.66. The molecule has 0 fully saturated rings. The molecule has 2 aromatic carbocycles. The Bertz CT molecular complexity index is 1430. The molecular weight excluding hydrogens is 445 g/mol. The van der Waals surface area contributed by atoms with E-state index in [1.54, 1.807) is 43.3 Å². The first-order chi connectivity index (χ1) is 15.8. The fourth-order valence-electron chi connectivity index (χ4n) is 3.54. The van der Waals surface area contributed by atoms with Gasteiger partial charge in [-0.1, -0.05) is 25.1 Å². The number of rotatable bonds is 7. The van der Waals surface area contributed by atoms with Gasteiger partial charge in [-0.3, -0.25) is 14.5 Å². The number of carbonyl (C=O) groups excluding carboxylic acids is 1. The Kier molecular flexibility index (Phi) is 6.15. The van der Waals surface area contributed by atoms with E-state index in [1.165, 1.54) is 18.3 Å². The van der Waals surface area contributed by atoms with Crippen molar-refractivity contribution in [1.29, 1.82) is 0 Å². The number of aromatic nitrogens is 1. The van der Waals surface area contributed by atoms with Crippen molar-refractivity contribution in [2.75, 3.05) is 4.72 Å². The number of nitrogens with zero attached hydrogens (tertiary/aromatic N) is 1. The molecule has 0 bridgehead atoms. The van der Waals surface area contributed by atoms with Crippen LogP contribution in [0.5, 0.6) is 0 Å². The van der Waals surface area contributed by atoms with Crippen LogP contribution in [-0.4, -0.2) is 19.3 Å². The number of aryl methyl sites for hydroxylation is 1. The van der Waals surface area contributed by atoms with Crippen LogP contribution in [0.1, 0.15) is 41.3 Å². The number of para-hydroxylation sites is 1. The van der Waals surface area contributed by atoms with Crippen LogP contribution >= 0.6 is 0 Å². The number of furan rings is 1. The minimum atomic E-state index is -4.13. The van der Waals surface area contributed by atoms with Crippen LogP contribution in [-0.2, 0) is 10.0 Å². The Labute approximate surface area is 190 Å². The number of amides is 1. The molecule has 0 saturated carbocycles. The van der Waals surface area contributed by atoms with Crippen molar-refractivity contribution in [3.8, 4) is 0 Å². The monoisotopic (exact) mass is 467 g/mol. The molecule has 0 aliphatic rings. The molecule has 0 aliphatic carbocycles. The van der Waals surface area contributed by atoms with E-state index < -0.39 is 27.8 Å². The lowest BCUT2D eigenvalue weighted by atomic mass is 10.1. The molecule has 1 unspecified atom stereocenters. The van der Waals surface area contributed by atoms with Crippen LogP contribution in [0, 0.1) is 12.7 Å². The number of anilines is 1. The Balaban J connectivity index is 1.67. The van der Waals surface area contributed by atoms with Crippen molar-refractivity contribution in [3.05, 3.63) is 89.8 Å². The summed E-state index contributed by atoms with van der Waals surface area (Å²) < 4.78 is 48.4. The van der Waals surface area contributed by atoms with E-state index in [0.717, 1.165) is 12.1 Å². The maximum atomic E-state index is 14.0. The SMILES string of the molecule is CCC(NC(=O)c1cc(F)ccc1NS(=O)(=O)c1cccc2cccnc12)c1ccc(C)o1. The van der Waals surface area contributed by atoms with Crippen LogP contribution in [0.3, 0.4) is 0 Å². The number of sulfonamides is 1. The standard InChI is InChI=1S/C24H22FN3O4S/c1-3-19(21-12-9-15(2)32-21)27-24(29)18-14-17(25)10-11-20(18)28-33(30,31)22-8-4-6-16-7-5-13-26-23(16)22/h4-14,19,28H,3H2,1-2H3,(H,27,29). The van der Waals surface area contributed by atoms with Crippen molar-refractivity contribution >= 4 is 32.5 Å². The lowest BCUT2D eigenvalue weighted by Gasteiger charge is -2.17. The number of halogens is 1. The Morgan fingerprint density at radius 1 is 1.12 bits per heavy atom. The predicted octanol–water partition coefficient (Wildman–Crippen LogP) is 4.96. The van der Waals surface area contributed by atoms with Crippen molar-refractivity contribution in [2.24, 2.45) is 0 Å². The second-order valence-corrected chi connectivity index (χ2v) is 9.16. The number of nitrogens with one attached hydrogen (secondary N) is 2. The highest BCUT2D eigenvalue weighted by Gasteiger charge is 2.24. The third-order valence-corrected chi connectivity index (χ3v) is 6.57. The van der Waals surface area contributed by atoms with Gasteiger partial charge in [-0.2, -0.15) is 0 Å². The minimum absolute atomic E-state index is 0.0474. The molecule has 0 radical (unpaired) electrons. The van der Waals surface area contributed by atoms with E-state index in [4.69, 9.17) is 4.42 Å². The van der Waals surface area contributed by atoms with Gasteiger partial charge in [0.25, 0.3) is 15.9 Å². The van der Waals surface area contributed by atoms with Gasteiger partial charge in [0, 0.05) is 11.6 Å². The molecule has 4 aromatic rings. The van der Waals surface area contributed by atoms with E-state index in [9.17, 15) is 17.6 Å². The van der Waals surface area contributed by atoms with Gasteiger partial charge in [-0.05, 0) is 55.8 Å². The van der Waals surface area contributed by atoms with Crippen LogP contribution in [0.25, 0.3) is 10.9 Å². The summed E-state index contributed by atoms with van der Waals surface area (Å²) in [5, 5.41) is 3.44.